The predicted octanol–water partition coefficient (Wildman–Crippen LogP) is 1.58. The van der Waals surface area contributed by atoms with E-state index in [-0.39, 0.29) is 23.1 Å². The van der Waals surface area contributed by atoms with E-state index in [0.717, 1.165) is 12.8 Å². The Bertz CT molecular complexity index is 908. The van der Waals surface area contributed by atoms with Gasteiger partial charge in [-0.2, -0.15) is 0 Å². The molecule has 1 aromatic carbocycles. The first kappa shape index (κ1) is 17.5. The Morgan fingerprint density at radius 3 is 2.72 bits per heavy atom. The minimum absolute atomic E-state index is 0.00555. The van der Waals surface area contributed by atoms with Crippen molar-refractivity contribution < 1.29 is 18.3 Å². The SMILES string of the molecule is Cc1ccc(S(=O)(=O)NC2CC2)cc1C(=O)Nc1cccc(CO)n1. The first-order valence-electron chi connectivity index (χ1n) is 7.90. The van der Waals surface area contributed by atoms with E-state index >= 15 is 0 Å². The van der Waals surface area contributed by atoms with Crippen LogP contribution in [0.5, 0.6) is 0 Å². The topological polar surface area (TPSA) is 108 Å². The molecule has 1 heterocycles. The van der Waals surface area contributed by atoms with Crippen molar-refractivity contribution in [3.8, 4) is 0 Å². The molecule has 2 aromatic rings. The maximum absolute atomic E-state index is 12.5. The summed E-state index contributed by atoms with van der Waals surface area (Å²) in [7, 11) is -3.63. The van der Waals surface area contributed by atoms with Crippen LogP contribution in [0, 0.1) is 6.92 Å². The number of pyridine rings is 1. The molecule has 1 amide bonds. The number of amides is 1. The fourth-order valence-electron chi connectivity index (χ4n) is 2.32. The monoisotopic (exact) mass is 361 g/mol. The number of hydrogen-bond acceptors (Lipinski definition) is 5. The lowest BCUT2D eigenvalue weighted by atomic mass is 10.1. The summed E-state index contributed by atoms with van der Waals surface area (Å²) < 4.78 is 27.3. The third-order valence-corrected chi connectivity index (χ3v) is 5.39. The van der Waals surface area contributed by atoms with E-state index in [4.69, 9.17) is 5.11 Å². The van der Waals surface area contributed by atoms with Crippen LogP contribution in [0.2, 0.25) is 0 Å². The number of hydrogen-bond donors (Lipinski definition) is 3. The molecule has 3 N–H and O–H groups in total. The summed E-state index contributed by atoms with van der Waals surface area (Å²) in [5.74, 6) is -0.163. The molecule has 132 valence electrons. The molecule has 3 rings (SSSR count). The second-order valence-electron chi connectivity index (χ2n) is 6.00. The molecule has 1 aliphatic carbocycles. The van der Waals surface area contributed by atoms with E-state index in [9.17, 15) is 13.2 Å². The van der Waals surface area contributed by atoms with Crippen LogP contribution in [0.1, 0.15) is 34.5 Å². The minimum Gasteiger partial charge on any atom is -0.390 e. The molecule has 0 bridgehead atoms. The van der Waals surface area contributed by atoms with Crippen molar-refractivity contribution in [2.45, 2.75) is 37.3 Å². The van der Waals surface area contributed by atoms with Gasteiger partial charge in [-0.3, -0.25) is 4.79 Å². The number of aryl methyl sites for hydroxylation is 1. The van der Waals surface area contributed by atoms with Crippen molar-refractivity contribution in [2.75, 3.05) is 5.32 Å². The lowest BCUT2D eigenvalue weighted by molar-refractivity contribution is 0.102. The van der Waals surface area contributed by atoms with Crippen molar-refractivity contribution in [1.82, 2.24) is 9.71 Å². The van der Waals surface area contributed by atoms with Crippen LogP contribution in [0.25, 0.3) is 0 Å². The number of nitrogens with one attached hydrogen (secondary N) is 2. The zero-order valence-electron chi connectivity index (χ0n) is 13.7. The Balaban J connectivity index is 1.85. The smallest absolute Gasteiger partial charge is 0.257 e. The summed E-state index contributed by atoms with van der Waals surface area (Å²) in [4.78, 5) is 16.7. The Morgan fingerprint density at radius 2 is 2.04 bits per heavy atom. The van der Waals surface area contributed by atoms with E-state index in [0.29, 0.717) is 17.1 Å². The number of rotatable bonds is 6. The number of aliphatic hydroxyl groups excluding tert-OH is 1. The number of benzene rings is 1. The first-order valence-corrected chi connectivity index (χ1v) is 9.38. The van der Waals surface area contributed by atoms with Gasteiger partial charge in [0.2, 0.25) is 10.0 Å². The quantitative estimate of drug-likeness (QED) is 0.724. The molecular formula is C17H19N3O4S. The lowest BCUT2D eigenvalue weighted by Gasteiger charge is -2.11. The van der Waals surface area contributed by atoms with Gasteiger partial charge in [0.15, 0.2) is 0 Å². The van der Waals surface area contributed by atoms with Gasteiger partial charge in [0.1, 0.15) is 5.82 Å². The van der Waals surface area contributed by atoms with Crippen molar-refractivity contribution in [3.05, 3.63) is 53.2 Å². The number of anilines is 1. The van der Waals surface area contributed by atoms with Gasteiger partial charge in [0.05, 0.1) is 17.2 Å². The van der Waals surface area contributed by atoms with E-state index in [1.54, 1.807) is 31.2 Å². The average Bonchev–Trinajstić information content (AvgIpc) is 3.38. The minimum atomic E-state index is -3.63. The Hall–Kier alpha value is -2.29. The molecule has 0 saturated heterocycles. The van der Waals surface area contributed by atoms with Crippen LogP contribution in [0.3, 0.4) is 0 Å². The number of nitrogens with zero attached hydrogens (tertiary/aromatic N) is 1. The molecule has 7 nitrogen and oxygen atoms in total. The van der Waals surface area contributed by atoms with E-state index < -0.39 is 15.9 Å². The number of sulfonamides is 1. The van der Waals surface area contributed by atoms with Gasteiger partial charge < -0.3 is 10.4 Å². The molecule has 8 heteroatoms. The Labute approximate surface area is 146 Å². The highest BCUT2D eigenvalue weighted by molar-refractivity contribution is 7.89. The largest absolute Gasteiger partial charge is 0.390 e. The van der Waals surface area contributed by atoms with Crippen molar-refractivity contribution in [1.29, 1.82) is 0 Å². The lowest BCUT2D eigenvalue weighted by Crippen LogP contribution is -2.26. The Morgan fingerprint density at radius 1 is 1.28 bits per heavy atom. The highest BCUT2D eigenvalue weighted by Gasteiger charge is 2.28. The van der Waals surface area contributed by atoms with E-state index in [2.05, 4.69) is 15.0 Å². The molecule has 25 heavy (non-hydrogen) atoms. The molecule has 1 saturated carbocycles. The van der Waals surface area contributed by atoms with Gasteiger partial charge >= 0.3 is 0 Å². The molecule has 0 spiro atoms. The van der Waals surface area contributed by atoms with Crippen LogP contribution in [0.4, 0.5) is 5.82 Å². The second-order valence-corrected chi connectivity index (χ2v) is 7.71. The zero-order chi connectivity index (χ0) is 18.0. The van der Waals surface area contributed by atoms with Gasteiger partial charge in [-0.05, 0) is 49.6 Å². The molecule has 0 unspecified atom stereocenters. The van der Waals surface area contributed by atoms with Gasteiger partial charge in [-0.15, -0.1) is 0 Å². The summed E-state index contributed by atoms with van der Waals surface area (Å²) in [5, 5.41) is 11.7. The molecule has 0 radical (unpaired) electrons. The first-order chi connectivity index (χ1) is 11.9. The molecular weight excluding hydrogens is 342 g/mol. The van der Waals surface area contributed by atoms with Gasteiger partial charge in [0.25, 0.3) is 5.91 Å². The summed E-state index contributed by atoms with van der Waals surface area (Å²) in [6.45, 7) is 1.50. The molecule has 1 aromatic heterocycles. The third kappa shape index (κ3) is 4.22. The Kier molecular flexibility index (Phi) is 4.85. The third-order valence-electron chi connectivity index (χ3n) is 3.87. The predicted molar refractivity (Wildman–Crippen MR) is 92.6 cm³/mol. The number of aromatic nitrogens is 1. The number of carbonyl (C=O) groups is 1. The van der Waals surface area contributed by atoms with Crippen LogP contribution >= 0.6 is 0 Å². The highest BCUT2D eigenvalue weighted by atomic mass is 32.2. The van der Waals surface area contributed by atoms with Crippen LogP contribution in [-0.4, -0.2) is 30.5 Å². The molecule has 1 aliphatic rings. The zero-order valence-corrected chi connectivity index (χ0v) is 14.5. The second kappa shape index (κ2) is 6.91. The van der Waals surface area contributed by atoms with Crippen LogP contribution in [0.15, 0.2) is 41.3 Å². The fourth-order valence-corrected chi connectivity index (χ4v) is 3.65. The fraction of sp³-hybridized carbons (Fsp3) is 0.294. The summed E-state index contributed by atoms with van der Waals surface area (Å²) in [6, 6.07) is 9.36. The van der Waals surface area contributed by atoms with Gasteiger partial charge in [0, 0.05) is 11.6 Å². The van der Waals surface area contributed by atoms with E-state index in [1.165, 1.54) is 12.1 Å². The molecule has 1 fully saturated rings. The standard InChI is InChI=1S/C17H19N3O4S/c1-11-5-8-14(25(23,24)20-12-6-7-12)9-15(11)17(22)19-16-4-2-3-13(10-21)18-16/h2-5,8-9,12,20-21H,6-7,10H2,1H3,(H,18,19,22). The maximum Gasteiger partial charge on any atom is 0.257 e. The van der Waals surface area contributed by atoms with Crippen molar-refractivity contribution >= 4 is 21.7 Å². The van der Waals surface area contributed by atoms with Crippen molar-refractivity contribution in [3.63, 3.8) is 0 Å². The molecule has 0 aliphatic heterocycles. The van der Waals surface area contributed by atoms with Gasteiger partial charge in [-0.25, -0.2) is 18.1 Å². The summed E-state index contributed by atoms with van der Waals surface area (Å²) >= 11 is 0. The number of aliphatic hydroxyl groups is 1. The van der Waals surface area contributed by atoms with E-state index in [1.807, 2.05) is 0 Å². The van der Waals surface area contributed by atoms with Crippen LogP contribution < -0.4 is 10.0 Å². The normalized spacial score (nSPS) is 14.3. The summed E-state index contributed by atoms with van der Waals surface area (Å²) in [6.07, 6.45) is 1.68. The average molecular weight is 361 g/mol. The van der Waals surface area contributed by atoms with Crippen LogP contribution in [-0.2, 0) is 16.6 Å². The number of carbonyl (C=O) groups excluding carboxylic acids is 1. The maximum atomic E-state index is 12.5. The summed E-state index contributed by atoms with van der Waals surface area (Å²) in [5.41, 5.74) is 1.34. The van der Waals surface area contributed by atoms with Crippen molar-refractivity contribution in [2.24, 2.45) is 0 Å². The van der Waals surface area contributed by atoms with Gasteiger partial charge in [-0.1, -0.05) is 12.1 Å². The highest BCUT2D eigenvalue weighted by Crippen LogP contribution is 2.23. The molecule has 0 atom stereocenters.